The van der Waals surface area contributed by atoms with Gasteiger partial charge in [0.25, 0.3) is 5.91 Å². The second-order valence-corrected chi connectivity index (χ2v) is 5.94. The normalized spacial score (nSPS) is 10.6. The third kappa shape index (κ3) is 3.67. The zero-order chi connectivity index (χ0) is 16.4. The van der Waals surface area contributed by atoms with Crippen LogP contribution in [0.5, 0.6) is 0 Å². The van der Waals surface area contributed by atoms with Gasteiger partial charge in [0, 0.05) is 21.7 Å². The van der Waals surface area contributed by atoms with Crippen molar-refractivity contribution in [3.8, 4) is 11.3 Å². The molecule has 116 valence electrons. The summed E-state index contributed by atoms with van der Waals surface area (Å²) in [6, 6.07) is 13.3. The van der Waals surface area contributed by atoms with Crippen LogP contribution in [0.4, 0.5) is 5.69 Å². The zero-order valence-electron chi connectivity index (χ0n) is 11.5. The molecule has 3 aromatic rings. The summed E-state index contributed by atoms with van der Waals surface area (Å²) in [4.78, 5) is 12.2. The van der Waals surface area contributed by atoms with Crippen LogP contribution in [0.15, 0.2) is 53.1 Å². The SMILES string of the molecule is O=C(Nc1ccc(Cl)cc1Cl)c1cc(-c2ccc(Cl)cc2)on1. The lowest BCUT2D eigenvalue weighted by Gasteiger charge is -2.05. The fraction of sp³-hybridized carbons (Fsp3) is 0. The highest BCUT2D eigenvalue weighted by atomic mass is 35.5. The molecule has 4 nitrogen and oxygen atoms in total. The summed E-state index contributed by atoms with van der Waals surface area (Å²) < 4.78 is 5.19. The molecule has 2 aromatic carbocycles. The lowest BCUT2D eigenvalue weighted by molar-refractivity contribution is 0.101. The molecule has 23 heavy (non-hydrogen) atoms. The van der Waals surface area contributed by atoms with Crippen molar-refractivity contribution in [2.24, 2.45) is 0 Å². The summed E-state index contributed by atoms with van der Waals surface area (Å²) in [5.74, 6) is 0.0344. The first-order valence-corrected chi connectivity index (χ1v) is 7.65. The summed E-state index contributed by atoms with van der Waals surface area (Å²) in [6.07, 6.45) is 0. The molecule has 0 radical (unpaired) electrons. The Morgan fingerprint density at radius 1 is 0.957 bits per heavy atom. The molecule has 0 aliphatic heterocycles. The van der Waals surface area contributed by atoms with Crippen LogP contribution in [-0.2, 0) is 0 Å². The molecule has 0 unspecified atom stereocenters. The van der Waals surface area contributed by atoms with E-state index in [0.29, 0.717) is 26.5 Å². The average Bonchev–Trinajstić information content (AvgIpc) is 3.01. The Kier molecular flexibility index (Phi) is 4.57. The van der Waals surface area contributed by atoms with E-state index in [1.807, 2.05) is 0 Å². The summed E-state index contributed by atoms with van der Waals surface area (Å²) in [5, 5.41) is 7.86. The van der Waals surface area contributed by atoms with Crippen LogP contribution in [0.1, 0.15) is 10.5 Å². The fourth-order valence-electron chi connectivity index (χ4n) is 1.91. The van der Waals surface area contributed by atoms with Crippen molar-refractivity contribution in [1.29, 1.82) is 0 Å². The molecule has 1 N–H and O–H groups in total. The lowest BCUT2D eigenvalue weighted by Crippen LogP contribution is -2.12. The van der Waals surface area contributed by atoms with Crippen LogP contribution >= 0.6 is 34.8 Å². The van der Waals surface area contributed by atoms with E-state index >= 15 is 0 Å². The Balaban J connectivity index is 1.79. The van der Waals surface area contributed by atoms with E-state index in [-0.39, 0.29) is 5.69 Å². The summed E-state index contributed by atoms with van der Waals surface area (Å²) in [7, 11) is 0. The van der Waals surface area contributed by atoms with Gasteiger partial charge in [0.15, 0.2) is 11.5 Å². The van der Waals surface area contributed by atoms with E-state index in [1.54, 1.807) is 48.5 Å². The fourth-order valence-corrected chi connectivity index (χ4v) is 2.49. The molecule has 1 heterocycles. The molecule has 0 aliphatic rings. The first kappa shape index (κ1) is 15.9. The van der Waals surface area contributed by atoms with Gasteiger partial charge in [0.05, 0.1) is 10.7 Å². The number of hydrogen-bond acceptors (Lipinski definition) is 3. The van der Waals surface area contributed by atoms with Gasteiger partial charge in [-0.3, -0.25) is 4.79 Å². The average molecular weight is 368 g/mol. The van der Waals surface area contributed by atoms with Crippen LogP contribution in [-0.4, -0.2) is 11.1 Å². The molecule has 7 heteroatoms. The molecule has 1 aromatic heterocycles. The van der Waals surface area contributed by atoms with Crippen molar-refractivity contribution in [2.75, 3.05) is 5.32 Å². The Morgan fingerprint density at radius 3 is 2.35 bits per heavy atom. The van der Waals surface area contributed by atoms with Crippen molar-refractivity contribution in [2.45, 2.75) is 0 Å². The predicted octanol–water partition coefficient (Wildman–Crippen LogP) is 5.55. The minimum Gasteiger partial charge on any atom is -0.355 e. The number of carbonyl (C=O) groups excluding carboxylic acids is 1. The Hall–Kier alpha value is -2.01. The number of aromatic nitrogens is 1. The van der Waals surface area contributed by atoms with Crippen molar-refractivity contribution in [3.05, 3.63) is 69.3 Å². The van der Waals surface area contributed by atoms with E-state index in [1.165, 1.54) is 0 Å². The van der Waals surface area contributed by atoms with Crippen LogP contribution in [0.2, 0.25) is 15.1 Å². The highest BCUT2D eigenvalue weighted by Gasteiger charge is 2.15. The van der Waals surface area contributed by atoms with Crippen LogP contribution in [0.25, 0.3) is 11.3 Å². The molecule has 3 rings (SSSR count). The summed E-state index contributed by atoms with van der Waals surface area (Å²) >= 11 is 17.7. The quantitative estimate of drug-likeness (QED) is 0.660. The molecule has 0 fully saturated rings. The van der Waals surface area contributed by atoms with Gasteiger partial charge in [-0.15, -0.1) is 0 Å². The maximum Gasteiger partial charge on any atom is 0.277 e. The molecule has 0 spiro atoms. The lowest BCUT2D eigenvalue weighted by atomic mass is 10.1. The third-order valence-corrected chi connectivity index (χ3v) is 3.85. The van der Waals surface area contributed by atoms with Gasteiger partial charge in [-0.1, -0.05) is 40.0 Å². The number of nitrogens with one attached hydrogen (secondary N) is 1. The van der Waals surface area contributed by atoms with E-state index < -0.39 is 5.91 Å². The second kappa shape index (κ2) is 6.62. The molecule has 0 aliphatic carbocycles. The number of nitrogens with zero attached hydrogens (tertiary/aromatic N) is 1. The van der Waals surface area contributed by atoms with E-state index in [0.717, 1.165) is 5.56 Å². The molecule has 0 saturated heterocycles. The highest BCUT2D eigenvalue weighted by Crippen LogP contribution is 2.26. The number of carbonyl (C=O) groups is 1. The largest absolute Gasteiger partial charge is 0.355 e. The first-order chi connectivity index (χ1) is 11.0. The van der Waals surface area contributed by atoms with Crippen molar-refractivity contribution < 1.29 is 9.32 Å². The van der Waals surface area contributed by atoms with Gasteiger partial charge in [-0.05, 0) is 42.5 Å². The number of amides is 1. The van der Waals surface area contributed by atoms with Crippen molar-refractivity contribution >= 4 is 46.4 Å². The minimum atomic E-state index is -0.432. The van der Waals surface area contributed by atoms with Gasteiger partial charge in [-0.25, -0.2) is 0 Å². The van der Waals surface area contributed by atoms with Gasteiger partial charge >= 0.3 is 0 Å². The van der Waals surface area contributed by atoms with Gasteiger partial charge in [0.1, 0.15) is 0 Å². The maximum atomic E-state index is 12.2. The topological polar surface area (TPSA) is 55.1 Å². The van der Waals surface area contributed by atoms with Crippen LogP contribution < -0.4 is 5.32 Å². The smallest absolute Gasteiger partial charge is 0.277 e. The molecule has 0 bridgehead atoms. The number of halogens is 3. The Bertz CT molecular complexity index is 860. The zero-order valence-corrected chi connectivity index (χ0v) is 13.8. The summed E-state index contributed by atoms with van der Waals surface area (Å²) in [6.45, 7) is 0. The third-order valence-electron chi connectivity index (χ3n) is 3.05. The van der Waals surface area contributed by atoms with E-state index in [4.69, 9.17) is 39.3 Å². The van der Waals surface area contributed by atoms with E-state index in [9.17, 15) is 4.79 Å². The van der Waals surface area contributed by atoms with E-state index in [2.05, 4.69) is 10.5 Å². The van der Waals surface area contributed by atoms with Gasteiger partial charge < -0.3 is 9.84 Å². The first-order valence-electron chi connectivity index (χ1n) is 6.52. The summed E-state index contributed by atoms with van der Waals surface area (Å²) in [5.41, 5.74) is 1.35. The molecule has 0 saturated carbocycles. The number of rotatable bonds is 3. The Morgan fingerprint density at radius 2 is 1.65 bits per heavy atom. The second-order valence-electron chi connectivity index (χ2n) is 4.66. The maximum absolute atomic E-state index is 12.2. The van der Waals surface area contributed by atoms with Gasteiger partial charge in [0.2, 0.25) is 0 Å². The standard InChI is InChI=1S/C16H9Cl3N2O2/c17-10-3-1-9(2-4-10)15-8-14(21-23-15)16(22)20-13-6-5-11(18)7-12(13)19/h1-8H,(H,20,22). The number of anilines is 1. The molecule has 1 amide bonds. The van der Waals surface area contributed by atoms with Gasteiger partial charge in [-0.2, -0.15) is 0 Å². The number of benzene rings is 2. The minimum absolute atomic E-state index is 0.140. The highest BCUT2D eigenvalue weighted by molar-refractivity contribution is 6.36. The van der Waals surface area contributed by atoms with Crippen molar-refractivity contribution in [1.82, 2.24) is 5.16 Å². The Labute approximate surface area is 146 Å². The number of hydrogen-bond donors (Lipinski definition) is 1. The van der Waals surface area contributed by atoms with Crippen molar-refractivity contribution in [3.63, 3.8) is 0 Å². The van der Waals surface area contributed by atoms with Crippen LogP contribution in [0, 0.1) is 0 Å². The molecular formula is C16H9Cl3N2O2. The predicted molar refractivity (Wildman–Crippen MR) is 91.4 cm³/mol. The van der Waals surface area contributed by atoms with Crippen LogP contribution in [0.3, 0.4) is 0 Å². The monoisotopic (exact) mass is 366 g/mol. The molecular weight excluding hydrogens is 359 g/mol. The molecule has 0 atom stereocenters.